The number of rotatable bonds is 6. The van der Waals surface area contributed by atoms with E-state index >= 15 is 0 Å². The first-order valence-corrected chi connectivity index (χ1v) is 5.51. The Morgan fingerprint density at radius 3 is 2.31 bits per heavy atom. The molecule has 0 unspecified atom stereocenters. The van der Waals surface area contributed by atoms with Gasteiger partial charge in [0.2, 0.25) is 0 Å². The van der Waals surface area contributed by atoms with Gasteiger partial charge in [-0.2, -0.15) is 0 Å². The van der Waals surface area contributed by atoms with Gasteiger partial charge in [0.25, 0.3) is 0 Å². The van der Waals surface area contributed by atoms with E-state index in [1.165, 1.54) is 11.3 Å². The lowest BCUT2D eigenvalue weighted by Gasteiger charge is -2.16. The minimum absolute atomic E-state index is 0.270. The molecule has 0 saturated carbocycles. The Kier molecular flexibility index (Phi) is 4.77. The largest absolute Gasteiger partial charge is 0.378 e. The van der Waals surface area contributed by atoms with Crippen LogP contribution in [0.2, 0.25) is 0 Å². The summed E-state index contributed by atoms with van der Waals surface area (Å²) >= 11 is 0. The number of hydrogen-bond donors (Lipinski definition) is 0. The predicted molar refractivity (Wildman–Crippen MR) is 69.0 cm³/mol. The molecule has 0 fully saturated rings. The van der Waals surface area contributed by atoms with Gasteiger partial charge in [-0.3, -0.25) is 0 Å². The fraction of sp³-hybridized carbons (Fsp3) is 0.357. The van der Waals surface area contributed by atoms with Gasteiger partial charge < -0.3 is 9.69 Å². The molecule has 0 N–H and O–H groups in total. The highest BCUT2D eigenvalue weighted by atomic mass is 16.1. The van der Waals surface area contributed by atoms with E-state index in [2.05, 4.69) is 35.7 Å². The molecule has 0 saturated heterocycles. The van der Waals surface area contributed by atoms with Crippen LogP contribution in [0.1, 0.15) is 24.3 Å². The molecule has 0 aliphatic heterocycles. The molecule has 0 amide bonds. The predicted octanol–water partition coefficient (Wildman–Crippen LogP) is 3.00. The van der Waals surface area contributed by atoms with Crippen LogP contribution in [0.4, 0.5) is 5.69 Å². The molecule has 0 aliphatic rings. The zero-order valence-corrected chi connectivity index (χ0v) is 10.0. The second-order valence-corrected chi connectivity index (χ2v) is 4.11. The summed E-state index contributed by atoms with van der Waals surface area (Å²) in [5, 5.41) is 0. The van der Waals surface area contributed by atoms with E-state index in [-0.39, 0.29) is 5.92 Å². The molecule has 1 aromatic carbocycles. The van der Waals surface area contributed by atoms with Gasteiger partial charge in [0.1, 0.15) is 6.29 Å². The third-order valence-electron chi connectivity index (χ3n) is 2.71. The van der Waals surface area contributed by atoms with Crippen LogP contribution in [0, 0.1) is 0 Å². The van der Waals surface area contributed by atoms with Crippen molar-refractivity contribution in [3.63, 3.8) is 0 Å². The average Bonchev–Trinajstić information content (AvgIpc) is 2.29. The summed E-state index contributed by atoms with van der Waals surface area (Å²) in [5.41, 5.74) is 2.38. The number of carbonyl (C=O) groups is 1. The fourth-order valence-corrected chi connectivity index (χ4v) is 1.73. The van der Waals surface area contributed by atoms with E-state index in [0.717, 1.165) is 12.7 Å². The van der Waals surface area contributed by atoms with Crippen molar-refractivity contribution in [3.8, 4) is 0 Å². The average molecular weight is 217 g/mol. The van der Waals surface area contributed by atoms with Crippen molar-refractivity contribution in [3.05, 3.63) is 42.5 Å². The van der Waals surface area contributed by atoms with E-state index in [1.807, 2.05) is 20.2 Å². The molecule has 2 nitrogen and oxygen atoms in total. The second-order valence-electron chi connectivity index (χ2n) is 4.11. The number of nitrogens with zero attached hydrogens (tertiary/aromatic N) is 1. The summed E-state index contributed by atoms with van der Waals surface area (Å²) in [4.78, 5) is 12.7. The summed E-state index contributed by atoms with van der Waals surface area (Å²) in [6.45, 7) is 3.73. The van der Waals surface area contributed by atoms with E-state index in [9.17, 15) is 4.79 Å². The van der Waals surface area contributed by atoms with Gasteiger partial charge in [0.15, 0.2) is 0 Å². The number of benzene rings is 1. The molecule has 0 aromatic heterocycles. The number of allylic oxidation sites excluding steroid dienone is 1. The molecular weight excluding hydrogens is 198 g/mol. The molecule has 16 heavy (non-hydrogen) atoms. The molecule has 2 heteroatoms. The van der Waals surface area contributed by atoms with Crippen molar-refractivity contribution >= 4 is 12.0 Å². The minimum atomic E-state index is 0.270. The van der Waals surface area contributed by atoms with Crippen molar-refractivity contribution in [1.29, 1.82) is 0 Å². The first-order valence-electron chi connectivity index (χ1n) is 5.51. The first-order chi connectivity index (χ1) is 7.69. The van der Waals surface area contributed by atoms with Crippen LogP contribution in [0.25, 0.3) is 0 Å². The zero-order chi connectivity index (χ0) is 12.0. The maximum absolute atomic E-state index is 10.6. The van der Waals surface area contributed by atoms with Crippen LogP contribution in [-0.2, 0) is 4.79 Å². The summed E-state index contributed by atoms with van der Waals surface area (Å²) < 4.78 is 0. The quantitative estimate of drug-likeness (QED) is 0.539. The van der Waals surface area contributed by atoms with Crippen molar-refractivity contribution in [2.75, 3.05) is 19.0 Å². The van der Waals surface area contributed by atoms with E-state index in [4.69, 9.17) is 0 Å². The third-order valence-corrected chi connectivity index (χ3v) is 2.71. The minimum Gasteiger partial charge on any atom is -0.378 e. The van der Waals surface area contributed by atoms with Gasteiger partial charge in [0, 0.05) is 26.2 Å². The van der Waals surface area contributed by atoms with Crippen molar-refractivity contribution in [2.45, 2.75) is 18.8 Å². The Morgan fingerprint density at radius 2 is 1.88 bits per heavy atom. The summed E-state index contributed by atoms with van der Waals surface area (Å²) in [6.07, 6.45) is 4.26. The smallest absolute Gasteiger partial charge is 0.120 e. The van der Waals surface area contributed by atoms with Gasteiger partial charge in [-0.15, -0.1) is 6.58 Å². The van der Waals surface area contributed by atoms with Gasteiger partial charge >= 0.3 is 0 Å². The lowest BCUT2D eigenvalue weighted by atomic mass is 9.93. The lowest BCUT2D eigenvalue weighted by Crippen LogP contribution is -2.08. The zero-order valence-electron chi connectivity index (χ0n) is 10.0. The topological polar surface area (TPSA) is 20.3 Å². The number of anilines is 1. The van der Waals surface area contributed by atoms with Crippen LogP contribution in [-0.4, -0.2) is 20.4 Å². The van der Waals surface area contributed by atoms with E-state index < -0.39 is 0 Å². The molecule has 1 aromatic rings. The van der Waals surface area contributed by atoms with Gasteiger partial charge in [-0.25, -0.2) is 0 Å². The SMILES string of the molecule is C=CC[C@H](CC=O)c1ccc(N(C)C)cc1. The summed E-state index contributed by atoms with van der Waals surface area (Å²) in [6, 6.07) is 8.34. The Hall–Kier alpha value is -1.57. The van der Waals surface area contributed by atoms with Crippen molar-refractivity contribution < 1.29 is 4.79 Å². The highest BCUT2D eigenvalue weighted by molar-refractivity contribution is 5.53. The Balaban J connectivity index is 2.84. The summed E-state index contributed by atoms with van der Waals surface area (Å²) in [5.74, 6) is 0.270. The highest BCUT2D eigenvalue weighted by Crippen LogP contribution is 2.24. The molecule has 0 bridgehead atoms. The first kappa shape index (κ1) is 12.5. The molecule has 0 heterocycles. The Bertz CT molecular complexity index is 330. The van der Waals surface area contributed by atoms with E-state index in [1.54, 1.807) is 0 Å². The van der Waals surface area contributed by atoms with Crippen molar-refractivity contribution in [1.82, 2.24) is 0 Å². The second kappa shape index (κ2) is 6.11. The molecule has 1 rings (SSSR count). The van der Waals surface area contributed by atoms with Crippen LogP contribution in [0.3, 0.4) is 0 Å². The summed E-state index contributed by atoms with van der Waals surface area (Å²) in [7, 11) is 4.03. The standard InChI is InChI=1S/C14H19NO/c1-4-5-12(10-11-16)13-6-8-14(9-7-13)15(2)3/h4,6-9,11-12H,1,5,10H2,2-3H3/t12-/m1/s1. The molecule has 0 spiro atoms. The monoisotopic (exact) mass is 217 g/mol. The molecule has 1 atom stereocenters. The van der Waals surface area contributed by atoms with Gasteiger partial charge in [-0.1, -0.05) is 18.2 Å². The fourth-order valence-electron chi connectivity index (χ4n) is 1.73. The van der Waals surface area contributed by atoms with E-state index in [0.29, 0.717) is 6.42 Å². The Morgan fingerprint density at radius 1 is 1.25 bits per heavy atom. The number of carbonyl (C=O) groups excluding carboxylic acids is 1. The highest BCUT2D eigenvalue weighted by Gasteiger charge is 2.09. The Labute approximate surface area is 97.6 Å². The maximum Gasteiger partial charge on any atom is 0.120 e. The molecule has 0 radical (unpaired) electrons. The third kappa shape index (κ3) is 3.23. The van der Waals surface area contributed by atoms with Crippen LogP contribution in [0.5, 0.6) is 0 Å². The normalized spacial score (nSPS) is 11.9. The van der Waals surface area contributed by atoms with Crippen LogP contribution in [0.15, 0.2) is 36.9 Å². The molecule has 86 valence electrons. The van der Waals surface area contributed by atoms with Crippen LogP contribution >= 0.6 is 0 Å². The molecular formula is C14H19NO. The number of aldehydes is 1. The van der Waals surface area contributed by atoms with Gasteiger partial charge in [-0.05, 0) is 30.0 Å². The maximum atomic E-state index is 10.6. The van der Waals surface area contributed by atoms with Gasteiger partial charge in [0.05, 0.1) is 0 Å². The van der Waals surface area contributed by atoms with Crippen LogP contribution < -0.4 is 4.90 Å². The lowest BCUT2D eigenvalue weighted by molar-refractivity contribution is -0.108. The molecule has 0 aliphatic carbocycles. The number of hydrogen-bond acceptors (Lipinski definition) is 2. The van der Waals surface area contributed by atoms with Crippen molar-refractivity contribution in [2.24, 2.45) is 0 Å².